The zero-order chi connectivity index (χ0) is 35.8. The van der Waals surface area contributed by atoms with E-state index >= 15 is 0 Å². The summed E-state index contributed by atoms with van der Waals surface area (Å²) in [4.78, 5) is 4.83. The predicted octanol–water partition coefficient (Wildman–Crippen LogP) is 8.73. The molecule has 0 N–H and O–H groups in total. The molecule has 5 aromatic rings. The van der Waals surface area contributed by atoms with Gasteiger partial charge in [0, 0.05) is 30.7 Å². The van der Waals surface area contributed by atoms with E-state index in [2.05, 4.69) is 90.6 Å². The highest BCUT2D eigenvalue weighted by Gasteiger charge is 2.34. The van der Waals surface area contributed by atoms with Gasteiger partial charge < -0.3 is 28.4 Å². The molecule has 0 spiro atoms. The predicted molar refractivity (Wildman–Crippen MR) is 202 cm³/mol. The van der Waals surface area contributed by atoms with Crippen molar-refractivity contribution in [2.45, 2.75) is 44.4 Å². The van der Waals surface area contributed by atoms with Gasteiger partial charge in [-0.15, -0.1) is 0 Å². The fourth-order valence-electron chi connectivity index (χ4n) is 7.96. The molecule has 5 aromatic carbocycles. The third-order valence-electron chi connectivity index (χ3n) is 10.9. The molecule has 4 aliphatic rings. The summed E-state index contributed by atoms with van der Waals surface area (Å²) in [7, 11) is 9.45. The van der Waals surface area contributed by atoms with Crippen LogP contribution in [0, 0.1) is 0 Å². The third kappa shape index (κ3) is 6.53. The number of ether oxygens (including phenoxy) is 6. The molecule has 8 heteroatoms. The Kier molecular flexibility index (Phi) is 9.43. The largest absolute Gasteiger partial charge is 0.493 e. The van der Waals surface area contributed by atoms with E-state index in [1.807, 2.05) is 24.3 Å². The van der Waals surface area contributed by atoms with E-state index in [0.717, 1.165) is 54.8 Å². The molecular formula is C44H46N2O6. The average molecular weight is 699 g/mol. The fraction of sp³-hybridized carbons (Fsp3) is 0.318. The summed E-state index contributed by atoms with van der Waals surface area (Å²) in [6.07, 6.45) is 3.32. The van der Waals surface area contributed by atoms with Gasteiger partial charge >= 0.3 is 0 Å². The Morgan fingerprint density at radius 2 is 1.31 bits per heavy atom. The second kappa shape index (κ2) is 14.4. The number of likely N-dealkylation sites (N-methyl/N-ethyl adjacent to an activating group) is 2. The van der Waals surface area contributed by atoms with Crippen molar-refractivity contribution in [1.82, 2.24) is 9.80 Å². The number of hydrogen-bond acceptors (Lipinski definition) is 8. The monoisotopic (exact) mass is 698 g/mol. The summed E-state index contributed by atoms with van der Waals surface area (Å²) in [5.74, 6) is 5.38. The molecule has 52 heavy (non-hydrogen) atoms. The number of fused-ring (bicyclic) bond motifs is 2. The van der Waals surface area contributed by atoms with Crippen molar-refractivity contribution < 1.29 is 28.4 Å². The van der Waals surface area contributed by atoms with Crippen LogP contribution in [-0.2, 0) is 32.3 Å². The molecule has 268 valence electrons. The normalized spacial score (nSPS) is 18.2. The molecule has 4 aliphatic heterocycles. The first-order valence-electron chi connectivity index (χ1n) is 18.1. The van der Waals surface area contributed by atoms with E-state index < -0.39 is 0 Å². The molecule has 9 rings (SSSR count). The van der Waals surface area contributed by atoms with E-state index in [1.54, 1.807) is 21.3 Å². The summed E-state index contributed by atoms with van der Waals surface area (Å²) in [5.41, 5.74) is 8.22. The molecule has 0 saturated carbocycles. The van der Waals surface area contributed by atoms with Gasteiger partial charge in [-0.05, 0) is 116 Å². The maximum Gasteiger partial charge on any atom is 0.204 e. The standard InChI is InChI=1S/C44H46N2O6/c1-45-19-17-31-24-38(47-3)40-26-34(31)35(45)21-28-11-14-33(15-12-28)51-39-23-30(13-16-37(39)50-27-29-9-7-6-8-10-29)22-36-42-32(18-20-46(36)2)25-41(48-4)43(49-5)44(42)52-40/h6-16,23-26,35-36H,17-22,27H2,1-5H3/t35-,36+/m0/s1. The lowest BCUT2D eigenvalue weighted by atomic mass is 9.87. The molecule has 0 amide bonds. The zero-order valence-electron chi connectivity index (χ0n) is 30.6. The summed E-state index contributed by atoms with van der Waals surface area (Å²) in [5, 5.41) is 0. The smallest absolute Gasteiger partial charge is 0.204 e. The van der Waals surface area contributed by atoms with Crippen LogP contribution in [0.4, 0.5) is 0 Å². The molecule has 4 heterocycles. The Labute approximate surface area is 306 Å². The lowest BCUT2D eigenvalue weighted by Crippen LogP contribution is -2.34. The van der Waals surface area contributed by atoms with E-state index in [-0.39, 0.29) is 12.1 Å². The SMILES string of the molecule is COc1cc2c3cc1Oc1c(OC)c(OC)cc4c1[C@@H](Cc1ccc(OCc5ccccc5)c(c1)Oc1ccc(cc1)C[C@@H]3N(C)CC2)N(C)CC4. The Hall–Kier alpha value is -5.18. The number of methoxy groups -OCH3 is 3. The maximum atomic E-state index is 7.09. The van der Waals surface area contributed by atoms with Crippen molar-refractivity contribution in [3.05, 3.63) is 130 Å². The number of hydrogen-bond donors (Lipinski definition) is 0. The molecule has 0 saturated heterocycles. The summed E-state index contributed by atoms with van der Waals surface area (Å²) >= 11 is 0. The highest BCUT2D eigenvalue weighted by molar-refractivity contribution is 5.64. The van der Waals surface area contributed by atoms with Crippen LogP contribution in [0.25, 0.3) is 0 Å². The van der Waals surface area contributed by atoms with Gasteiger partial charge in [-0.25, -0.2) is 0 Å². The van der Waals surface area contributed by atoms with Crippen LogP contribution >= 0.6 is 0 Å². The minimum Gasteiger partial charge on any atom is -0.493 e. The van der Waals surface area contributed by atoms with Gasteiger partial charge in [0.25, 0.3) is 0 Å². The van der Waals surface area contributed by atoms with E-state index in [1.165, 1.54) is 22.3 Å². The second-order valence-corrected chi connectivity index (χ2v) is 14.0. The van der Waals surface area contributed by atoms with Gasteiger partial charge in [0.1, 0.15) is 12.4 Å². The molecule has 8 nitrogen and oxygen atoms in total. The van der Waals surface area contributed by atoms with Gasteiger partial charge in [-0.3, -0.25) is 9.80 Å². The van der Waals surface area contributed by atoms with E-state index in [4.69, 9.17) is 28.4 Å². The van der Waals surface area contributed by atoms with Crippen LogP contribution in [0.5, 0.6) is 46.0 Å². The van der Waals surface area contributed by atoms with Crippen LogP contribution in [-0.4, -0.2) is 58.3 Å². The Morgan fingerprint density at radius 1 is 0.635 bits per heavy atom. The maximum absolute atomic E-state index is 7.09. The Bertz CT molecular complexity index is 2060. The average Bonchev–Trinajstić information content (AvgIpc) is 3.17. The van der Waals surface area contributed by atoms with Crippen molar-refractivity contribution >= 4 is 0 Å². The quantitative estimate of drug-likeness (QED) is 0.175. The van der Waals surface area contributed by atoms with Crippen LogP contribution in [0.1, 0.15) is 51.0 Å². The molecule has 0 unspecified atom stereocenters. The molecule has 2 atom stereocenters. The van der Waals surface area contributed by atoms with Crippen molar-refractivity contribution in [3.63, 3.8) is 0 Å². The number of rotatable bonds is 6. The third-order valence-corrected chi connectivity index (χ3v) is 10.9. The zero-order valence-corrected chi connectivity index (χ0v) is 30.6. The molecule has 0 aromatic heterocycles. The van der Waals surface area contributed by atoms with E-state index in [9.17, 15) is 0 Å². The van der Waals surface area contributed by atoms with Crippen molar-refractivity contribution in [2.75, 3.05) is 48.5 Å². The number of nitrogens with zero attached hydrogens (tertiary/aromatic N) is 2. The van der Waals surface area contributed by atoms with Crippen LogP contribution < -0.4 is 28.4 Å². The van der Waals surface area contributed by atoms with Crippen LogP contribution in [0.3, 0.4) is 0 Å². The molecule has 0 aliphatic carbocycles. The topological polar surface area (TPSA) is 61.9 Å². The fourth-order valence-corrected chi connectivity index (χ4v) is 7.96. The number of benzene rings is 5. The minimum atomic E-state index is -0.0248. The van der Waals surface area contributed by atoms with Gasteiger partial charge in [0.2, 0.25) is 5.75 Å². The second-order valence-electron chi connectivity index (χ2n) is 14.0. The molecule has 6 bridgehead atoms. The first-order valence-corrected chi connectivity index (χ1v) is 18.1. The van der Waals surface area contributed by atoms with Crippen LogP contribution in [0.15, 0.2) is 91.0 Å². The van der Waals surface area contributed by atoms with Crippen LogP contribution in [0.2, 0.25) is 0 Å². The highest BCUT2D eigenvalue weighted by Crippen LogP contribution is 2.52. The summed E-state index contributed by atoms with van der Waals surface area (Å²) in [6, 6.07) is 31.5. The molecular weight excluding hydrogens is 652 g/mol. The Morgan fingerprint density at radius 3 is 2.06 bits per heavy atom. The van der Waals surface area contributed by atoms with Crippen molar-refractivity contribution in [1.29, 1.82) is 0 Å². The minimum absolute atomic E-state index is 0.0248. The molecule has 0 radical (unpaired) electrons. The van der Waals surface area contributed by atoms with Crippen molar-refractivity contribution in [3.8, 4) is 46.0 Å². The van der Waals surface area contributed by atoms with Gasteiger partial charge in [0.05, 0.1) is 21.3 Å². The lowest BCUT2D eigenvalue weighted by molar-refractivity contribution is 0.220. The van der Waals surface area contributed by atoms with Gasteiger partial charge in [0.15, 0.2) is 34.5 Å². The Balaban J connectivity index is 1.30. The van der Waals surface area contributed by atoms with Crippen molar-refractivity contribution in [2.24, 2.45) is 0 Å². The van der Waals surface area contributed by atoms with Gasteiger partial charge in [-0.1, -0.05) is 48.5 Å². The molecule has 0 fully saturated rings. The highest BCUT2D eigenvalue weighted by atomic mass is 16.5. The first kappa shape index (κ1) is 33.9. The van der Waals surface area contributed by atoms with E-state index in [0.29, 0.717) is 53.3 Å². The lowest BCUT2D eigenvalue weighted by Gasteiger charge is -2.37. The summed E-state index contributed by atoms with van der Waals surface area (Å²) < 4.78 is 38.2. The van der Waals surface area contributed by atoms with Gasteiger partial charge in [-0.2, -0.15) is 0 Å². The first-order chi connectivity index (χ1) is 25.4. The summed E-state index contributed by atoms with van der Waals surface area (Å²) in [6.45, 7) is 2.28.